The maximum Gasteiger partial charge on any atom is 0.101 e. The van der Waals surface area contributed by atoms with Gasteiger partial charge in [0.25, 0.3) is 0 Å². The van der Waals surface area contributed by atoms with Gasteiger partial charge in [-0.25, -0.2) is 0 Å². The monoisotopic (exact) mass is 716 g/mol. The number of rotatable bonds is 13. The highest BCUT2D eigenvalue weighted by Crippen LogP contribution is 2.48. The molecular formula is C44H36N4S3. The van der Waals surface area contributed by atoms with E-state index in [0.29, 0.717) is 11.1 Å². The van der Waals surface area contributed by atoms with E-state index in [2.05, 4.69) is 119 Å². The Bertz CT molecular complexity index is 2210. The largest absolute Gasteiger partial charge is 0.341 e. The van der Waals surface area contributed by atoms with Crippen molar-refractivity contribution in [2.24, 2.45) is 0 Å². The van der Waals surface area contributed by atoms with Gasteiger partial charge in [-0.2, -0.15) is 10.5 Å². The predicted molar refractivity (Wildman–Crippen MR) is 218 cm³/mol. The summed E-state index contributed by atoms with van der Waals surface area (Å²) in [5.74, 6) is 0. The molecule has 0 N–H and O–H groups in total. The van der Waals surface area contributed by atoms with Crippen LogP contribution >= 0.6 is 34.4 Å². The Morgan fingerprint density at radius 3 is 1.88 bits per heavy atom. The van der Waals surface area contributed by atoms with Crippen molar-refractivity contribution in [3.05, 3.63) is 153 Å². The van der Waals surface area contributed by atoms with Gasteiger partial charge in [0.15, 0.2) is 0 Å². The van der Waals surface area contributed by atoms with Crippen molar-refractivity contribution in [3.63, 3.8) is 0 Å². The second-order valence-electron chi connectivity index (χ2n) is 12.2. The lowest BCUT2D eigenvalue weighted by molar-refractivity contribution is 0.642. The zero-order chi connectivity index (χ0) is 34.8. The average molecular weight is 717 g/mol. The number of unbranched alkanes of at least 4 members (excludes halogenated alkanes) is 3. The normalized spacial score (nSPS) is 12.5. The molecule has 4 nitrogen and oxygen atoms in total. The van der Waals surface area contributed by atoms with Crippen LogP contribution in [0, 0.1) is 22.7 Å². The topological polar surface area (TPSA) is 54.1 Å². The molecule has 1 aliphatic heterocycles. The molecule has 3 heterocycles. The molecule has 51 heavy (non-hydrogen) atoms. The number of anilines is 4. The molecule has 0 saturated heterocycles. The standard InChI is InChI=1S/C44H36N4S3/c45-31-35(41-16-10-26-49-41)28-33-18-21-38(22-19-33)47(37-12-4-3-5-13-37)24-8-1-2-9-25-48-39-14-6-7-15-43(39)51-44-30-34(20-23-40(44)48)29-36(32-46)42-17-11-27-50-42/h3-7,10-23,26-30H,1-2,8-9,24-25H2/b35-28+,36-29+. The fourth-order valence-electron chi connectivity index (χ4n) is 6.35. The number of allylic oxidation sites excluding steroid dienone is 2. The number of hydrogen-bond acceptors (Lipinski definition) is 7. The van der Waals surface area contributed by atoms with Gasteiger partial charge < -0.3 is 9.80 Å². The summed E-state index contributed by atoms with van der Waals surface area (Å²) in [6, 6.07) is 47.1. The van der Waals surface area contributed by atoms with Crippen LogP contribution in [0.1, 0.15) is 46.6 Å². The van der Waals surface area contributed by atoms with Crippen LogP contribution in [0.3, 0.4) is 0 Å². The van der Waals surface area contributed by atoms with Gasteiger partial charge in [0.05, 0.1) is 22.5 Å². The highest BCUT2D eigenvalue weighted by molar-refractivity contribution is 7.99. The molecule has 0 unspecified atom stereocenters. The van der Waals surface area contributed by atoms with E-state index in [0.717, 1.165) is 65.3 Å². The molecule has 0 aliphatic carbocycles. The number of nitrogens with zero attached hydrogens (tertiary/aromatic N) is 4. The van der Waals surface area contributed by atoms with Gasteiger partial charge in [-0.05, 0) is 108 Å². The molecular weight excluding hydrogens is 681 g/mol. The van der Waals surface area contributed by atoms with E-state index in [1.165, 1.54) is 26.9 Å². The molecule has 1 aliphatic rings. The summed E-state index contributed by atoms with van der Waals surface area (Å²) in [4.78, 5) is 9.34. The molecule has 2 aromatic heterocycles. The van der Waals surface area contributed by atoms with E-state index < -0.39 is 0 Å². The van der Waals surface area contributed by atoms with Gasteiger partial charge in [0, 0.05) is 44.0 Å². The maximum atomic E-state index is 9.81. The van der Waals surface area contributed by atoms with Crippen LogP contribution in [0.4, 0.5) is 22.7 Å². The van der Waals surface area contributed by atoms with Crippen molar-refractivity contribution in [3.8, 4) is 12.1 Å². The van der Waals surface area contributed by atoms with Crippen LogP contribution in [0.25, 0.3) is 23.3 Å². The van der Waals surface area contributed by atoms with Crippen LogP contribution in [0.2, 0.25) is 0 Å². The molecule has 250 valence electrons. The zero-order valence-electron chi connectivity index (χ0n) is 28.1. The summed E-state index contributed by atoms with van der Waals surface area (Å²) >= 11 is 4.99. The SMILES string of the molecule is N#C/C(=C\c1ccc(N(CCCCCCN2c3ccccc3Sc3cc(/C=C(\C#N)c4cccs4)ccc32)c2ccccc2)cc1)c1cccs1. The molecule has 7 rings (SSSR count). The van der Waals surface area contributed by atoms with Crippen LogP contribution in [-0.4, -0.2) is 13.1 Å². The first-order valence-electron chi connectivity index (χ1n) is 17.1. The second kappa shape index (κ2) is 16.6. The quantitative estimate of drug-likeness (QED) is 0.0880. The van der Waals surface area contributed by atoms with E-state index in [-0.39, 0.29) is 0 Å². The average Bonchev–Trinajstić information content (AvgIpc) is 3.92. The molecule has 4 aromatic carbocycles. The van der Waals surface area contributed by atoms with Crippen molar-refractivity contribution < 1.29 is 0 Å². The lowest BCUT2D eigenvalue weighted by Gasteiger charge is -2.33. The van der Waals surface area contributed by atoms with E-state index in [1.54, 1.807) is 22.7 Å². The van der Waals surface area contributed by atoms with E-state index in [9.17, 15) is 10.5 Å². The molecule has 0 fully saturated rings. The molecule has 6 aromatic rings. The van der Waals surface area contributed by atoms with Crippen LogP contribution in [-0.2, 0) is 0 Å². The van der Waals surface area contributed by atoms with Crippen molar-refractivity contribution >= 4 is 80.5 Å². The van der Waals surface area contributed by atoms with Gasteiger partial charge in [0.1, 0.15) is 12.1 Å². The highest BCUT2D eigenvalue weighted by Gasteiger charge is 2.23. The Kier molecular flexibility index (Phi) is 11.1. The molecule has 0 saturated carbocycles. The van der Waals surface area contributed by atoms with Crippen molar-refractivity contribution in [2.75, 3.05) is 22.9 Å². The number of para-hydroxylation sites is 2. The molecule has 0 bridgehead atoms. The van der Waals surface area contributed by atoms with E-state index in [1.807, 2.05) is 58.9 Å². The highest BCUT2D eigenvalue weighted by atomic mass is 32.2. The second-order valence-corrected chi connectivity index (χ2v) is 15.2. The van der Waals surface area contributed by atoms with Gasteiger partial charge in [-0.15, -0.1) is 22.7 Å². The third-order valence-corrected chi connectivity index (χ3v) is 11.8. The first-order valence-corrected chi connectivity index (χ1v) is 19.7. The summed E-state index contributed by atoms with van der Waals surface area (Å²) < 4.78 is 0. The molecule has 7 heteroatoms. The lowest BCUT2D eigenvalue weighted by atomic mass is 10.1. The number of fused-ring (bicyclic) bond motifs is 2. The van der Waals surface area contributed by atoms with Crippen LogP contribution < -0.4 is 9.80 Å². The van der Waals surface area contributed by atoms with Gasteiger partial charge in [0.2, 0.25) is 0 Å². The fraction of sp³-hybridized carbons (Fsp3) is 0.136. The Morgan fingerprint density at radius 2 is 1.20 bits per heavy atom. The molecule has 0 spiro atoms. The first kappa shape index (κ1) is 34.2. The van der Waals surface area contributed by atoms with E-state index in [4.69, 9.17) is 0 Å². The summed E-state index contributed by atoms with van der Waals surface area (Å²) in [6.45, 7) is 1.88. The summed E-state index contributed by atoms with van der Waals surface area (Å²) in [5.41, 5.74) is 8.28. The van der Waals surface area contributed by atoms with Crippen molar-refractivity contribution in [1.82, 2.24) is 0 Å². The smallest absolute Gasteiger partial charge is 0.101 e. The van der Waals surface area contributed by atoms with Crippen LogP contribution in [0.15, 0.2) is 142 Å². The summed E-state index contributed by atoms with van der Waals surface area (Å²) in [7, 11) is 0. The molecule has 0 atom stereocenters. The number of nitriles is 2. The third-order valence-electron chi connectivity index (χ3n) is 8.87. The first-order chi connectivity index (χ1) is 25.2. The Labute approximate surface area is 312 Å². The Hall–Kier alpha value is -5.31. The zero-order valence-corrected chi connectivity index (χ0v) is 30.6. The third kappa shape index (κ3) is 8.20. The van der Waals surface area contributed by atoms with Crippen molar-refractivity contribution in [2.45, 2.75) is 35.5 Å². The minimum atomic E-state index is 0.689. The molecule has 0 amide bonds. The van der Waals surface area contributed by atoms with Crippen molar-refractivity contribution in [1.29, 1.82) is 10.5 Å². The minimum absolute atomic E-state index is 0.689. The fourth-order valence-corrected chi connectivity index (χ4v) is 8.88. The van der Waals surface area contributed by atoms with E-state index >= 15 is 0 Å². The number of hydrogen-bond donors (Lipinski definition) is 0. The predicted octanol–water partition coefficient (Wildman–Crippen LogP) is 12.9. The lowest BCUT2D eigenvalue weighted by Crippen LogP contribution is -2.22. The Morgan fingerprint density at radius 1 is 0.588 bits per heavy atom. The van der Waals surface area contributed by atoms with Gasteiger partial charge in [-0.1, -0.05) is 85.3 Å². The summed E-state index contributed by atoms with van der Waals surface area (Å²) in [5, 5.41) is 23.5. The maximum absolute atomic E-state index is 9.81. The van der Waals surface area contributed by atoms with Gasteiger partial charge in [-0.3, -0.25) is 0 Å². The minimum Gasteiger partial charge on any atom is -0.341 e. The van der Waals surface area contributed by atoms with Gasteiger partial charge >= 0.3 is 0 Å². The number of thiophene rings is 2. The summed E-state index contributed by atoms with van der Waals surface area (Å²) in [6.07, 6.45) is 8.41. The molecule has 0 radical (unpaired) electrons. The Balaban J connectivity index is 0.998. The van der Waals surface area contributed by atoms with Crippen LogP contribution in [0.5, 0.6) is 0 Å². The number of benzene rings is 4.